The lowest BCUT2D eigenvalue weighted by Gasteiger charge is -2.13. The number of nitrogens with one attached hydrogen (secondary N) is 1. The van der Waals surface area contributed by atoms with E-state index in [4.69, 9.17) is 39.5 Å². The van der Waals surface area contributed by atoms with E-state index in [0.717, 1.165) is 12.7 Å². The Morgan fingerprint density at radius 2 is 1.72 bits per heavy atom. The standard InChI is InChI=1S/C23H13Cl3I2N2O2/c24-16-6-5-14(18(26)10-16)12-32-22-19(27)8-13(9-20(22)28)7-15(11-29)23(31)30-21-4-2-1-3-17(21)25/h1-10H,12H2,(H,30,31)/b15-7+. The minimum Gasteiger partial charge on any atom is -0.487 e. The van der Waals surface area contributed by atoms with Crippen molar-refractivity contribution >= 4 is 97.7 Å². The van der Waals surface area contributed by atoms with Crippen molar-refractivity contribution in [2.24, 2.45) is 0 Å². The summed E-state index contributed by atoms with van der Waals surface area (Å²) in [6.07, 6.45) is 1.52. The third-order valence-corrected chi connectivity index (χ3v) is 6.72. The molecule has 162 valence electrons. The molecule has 3 aromatic rings. The molecule has 0 aliphatic carbocycles. The fourth-order valence-electron chi connectivity index (χ4n) is 2.66. The van der Waals surface area contributed by atoms with Gasteiger partial charge in [0.05, 0.1) is 17.9 Å². The lowest BCUT2D eigenvalue weighted by Crippen LogP contribution is -2.13. The first kappa shape index (κ1) is 25.1. The van der Waals surface area contributed by atoms with Crippen molar-refractivity contribution in [1.29, 1.82) is 5.26 Å². The third-order valence-electron chi connectivity index (χ3n) is 4.21. The van der Waals surface area contributed by atoms with Gasteiger partial charge in [0.2, 0.25) is 0 Å². The minimum absolute atomic E-state index is 0.0434. The van der Waals surface area contributed by atoms with Crippen LogP contribution in [0.2, 0.25) is 15.1 Å². The molecule has 4 nitrogen and oxygen atoms in total. The van der Waals surface area contributed by atoms with Crippen molar-refractivity contribution in [3.63, 3.8) is 0 Å². The van der Waals surface area contributed by atoms with Crippen LogP contribution < -0.4 is 10.1 Å². The van der Waals surface area contributed by atoms with Gasteiger partial charge in [0.15, 0.2) is 0 Å². The van der Waals surface area contributed by atoms with E-state index in [1.54, 1.807) is 36.4 Å². The van der Waals surface area contributed by atoms with E-state index in [1.807, 2.05) is 24.3 Å². The normalized spacial score (nSPS) is 11.1. The van der Waals surface area contributed by atoms with Crippen molar-refractivity contribution < 1.29 is 9.53 Å². The van der Waals surface area contributed by atoms with Crippen LogP contribution in [0.4, 0.5) is 5.69 Å². The minimum atomic E-state index is -0.539. The first-order chi connectivity index (χ1) is 15.3. The first-order valence-corrected chi connectivity index (χ1v) is 12.3. The van der Waals surface area contributed by atoms with Gasteiger partial charge in [-0.3, -0.25) is 4.79 Å². The van der Waals surface area contributed by atoms with Crippen LogP contribution in [0.1, 0.15) is 11.1 Å². The number of ether oxygens (including phenoxy) is 1. The van der Waals surface area contributed by atoms with Gasteiger partial charge in [-0.25, -0.2) is 0 Å². The lowest BCUT2D eigenvalue weighted by atomic mass is 10.1. The van der Waals surface area contributed by atoms with Crippen LogP contribution in [0.5, 0.6) is 5.75 Å². The summed E-state index contributed by atoms with van der Waals surface area (Å²) in [7, 11) is 0. The summed E-state index contributed by atoms with van der Waals surface area (Å²) < 4.78 is 7.63. The van der Waals surface area contributed by atoms with E-state index in [-0.39, 0.29) is 12.2 Å². The summed E-state index contributed by atoms with van der Waals surface area (Å²) in [5, 5.41) is 13.6. The number of benzene rings is 3. The van der Waals surface area contributed by atoms with E-state index in [0.29, 0.717) is 32.1 Å². The molecule has 0 aliphatic rings. The summed E-state index contributed by atoms with van der Waals surface area (Å²) >= 11 is 22.5. The molecule has 0 aromatic heterocycles. The van der Waals surface area contributed by atoms with Crippen LogP contribution in [0, 0.1) is 18.5 Å². The van der Waals surface area contributed by atoms with E-state index in [2.05, 4.69) is 50.5 Å². The van der Waals surface area contributed by atoms with E-state index < -0.39 is 5.91 Å². The fraction of sp³-hybridized carbons (Fsp3) is 0.0435. The monoisotopic (exact) mass is 708 g/mol. The predicted molar refractivity (Wildman–Crippen MR) is 146 cm³/mol. The molecule has 0 radical (unpaired) electrons. The maximum absolute atomic E-state index is 12.5. The van der Waals surface area contributed by atoms with Gasteiger partial charge in [-0.15, -0.1) is 0 Å². The molecule has 0 saturated heterocycles. The Hall–Kier alpha value is -1.51. The number of nitrogens with zero attached hydrogens (tertiary/aromatic N) is 1. The summed E-state index contributed by atoms with van der Waals surface area (Å²) in [5.74, 6) is 0.150. The van der Waals surface area contributed by atoms with Gasteiger partial charge < -0.3 is 10.1 Å². The average Bonchev–Trinajstić information content (AvgIpc) is 2.74. The molecule has 0 saturated carbocycles. The van der Waals surface area contributed by atoms with E-state index >= 15 is 0 Å². The number of para-hydroxylation sites is 1. The quantitative estimate of drug-likeness (QED) is 0.161. The number of nitriles is 1. The summed E-state index contributed by atoms with van der Waals surface area (Å²) in [6, 6.07) is 17.7. The Bertz CT molecular complexity index is 1230. The van der Waals surface area contributed by atoms with Crippen molar-refractivity contribution in [3.8, 4) is 11.8 Å². The second kappa shape index (κ2) is 11.6. The second-order valence-corrected chi connectivity index (χ2v) is 10.0. The maximum Gasteiger partial charge on any atom is 0.266 e. The number of rotatable bonds is 6. The van der Waals surface area contributed by atoms with Gasteiger partial charge in [0.25, 0.3) is 5.91 Å². The fourth-order valence-corrected chi connectivity index (χ4v) is 5.43. The highest BCUT2D eigenvalue weighted by Gasteiger charge is 2.14. The van der Waals surface area contributed by atoms with Crippen molar-refractivity contribution in [3.05, 3.63) is 93.5 Å². The highest BCUT2D eigenvalue weighted by molar-refractivity contribution is 14.1. The second-order valence-electron chi connectivity index (χ2n) is 6.44. The topological polar surface area (TPSA) is 62.1 Å². The van der Waals surface area contributed by atoms with Gasteiger partial charge in [0.1, 0.15) is 24.0 Å². The average molecular weight is 710 g/mol. The van der Waals surface area contributed by atoms with Crippen LogP contribution in [0.25, 0.3) is 6.08 Å². The van der Waals surface area contributed by atoms with Crippen molar-refractivity contribution in [1.82, 2.24) is 0 Å². The number of amides is 1. The smallest absolute Gasteiger partial charge is 0.266 e. The number of halogens is 5. The Kier molecular flexibility index (Phi) is 9.08. The molecule has 3 rings (SSSR count). The van der Waals surface area contributed by atoms with Crippen LogP contribution in [0.3, 0.4) is 0 Å². The zero-order valence-corrected chi connectivity index (χ0v) is 22.7. The largest absolute Gasteiger partial charge is 0.487 e. The summed E-state index contributed by atoms with van der Waals surface area (Å²) in [4.78, 5) is 12.5. The number of hydrogen-bond acceptors (Lipinski definition) is 3. The van der Waals surface area contributed by atoms with Gasteiger partial charge >= 0.3 is 0 Å². The van der Waals surface area contributed by atoms with E-state index in [9.17, 15) is 10.1 Å². The molecule has 1 N–H and O–H groups in total. The molecule has 0 fully saturated rings. The zero-order chi connectivity index (χ0) is 23.3. The molecule has 0 unspecified atom stereocenters. The molecule has 3 aromatic carbocycles. The Labute approximate surface area is 227 Å². The number of anilines is 1. The SMILES string of the molecule is N#C/C(=C\c1cc(I)c(OCc2ccc(Cl)cc2Cl)c(I)c1)C(=O)Nc1ccccc1Cl. The Morgan fingerprint density at radius 3 is 2.34 bits per heavy atom. The maximum atomic E-state index is 12.5. The lowest BCUT2D eigenvalue weighted by molar-refractivity contribution is -0.112. The van der Waals surface area contributed by atoms with Crippen molar-refractivity contribution in [2.75, 3.05) is 5.32 Å². The number of carbonyl (C=O) groups excluding carboxylic acids is 1. The molecule has 32 heavy (non-hydrogen) atoms. The molecule has 0 atom stereocenters. The first-order valence-electron chi connectivity index (χ1n) is 9.02. The molecular formula is C23H13Cl3I2N2O2. The van der Waals surface area contributed by atoms with Crippen LogP contribution in [-0.4, -0.2) is 5.91 Å². The van der Waals surface area contributed by atoms with Gasteiger partial charge in [0, 0.05) is 15.6 Å². The Morgan fingerprint density at radius 1 is 1.03 bits per heavy atom. The van der Waals surface area contributed by atoms with Crippen LogP contribution >= 0.6 is 80.0 Å². The molecule has 0 bridgehead atoms. The molecule has 9 heteroatoms. The molecular weight excluding hydrogens is 696 g/mol. The highest BCUT2D eigenvalue weighted by Crippen LogP contribution is 2.32. The van der Waals surface area contributed by atoms with Crippen LogP contribution in [-0.2, 0) is 11.4 Å². The summed E-state index contributed by atoms with van der Waals surface area (Å²) in [5.41, 5.74) is 1.91. The number of carbonyl (C=O) groups is 1. The van der Waals surface area contributed by atoms with Gasteiger partial charge in [-0.2, -0.15) is 5.26 Å². The Balaban J connectivity index is 1.79. The zero-order valence-electron chi connectivity index (χ0n) is 16.1. The molecule has 0 aliphatic heterocycles. The van der Waals surface area contributed by atoms with Crippen molar-refractivity contribution in [2.45, 2.75) is 6.61 Å². The molecule has 0 spiro atoms. The molecule has 0 heterocycles. The predicted octanol–water partition coefficient (Wildman–Crippen LogP) is 7.98. The van der Waals surface area contributed by atoms with Crippen LogP contribution in [0.15, 0.2) is 60.2 Å². The molecule has 1 amide bonds. The number of hydrogen-bond donors (Lipinski definition) is 1. The summed E-state index contributed by atoms with van der Waals surface area (Å²) in [6.45, 7) is 0.279. The third kappa shape index (κ3) is 6.51. The van der Waals surface area contributed by atoms with E-state index in [1.165, 1.54) is 6.08 Å². The van der Waals surface area contributed by atoms with Gasteiger partial charge in [-0.1, -0.05) is 53.0 Å². The van der Waals surface area contributed by atoms with Gasteiger partial charge in [-0.05, 0) is 93.2 Å². The highest BCUT2D eigenvalue weighted by atomic mass is 127.